The second kappa shape index (κ2) is 9.40. The van der Waals surface area contributed by atoms with Gasteiger partial charge in [-0.3, -0.25) is 9.69 Å². The van der Waals surface area contributed by atoms with Gasteiger partial charge in [0.05, 0.1) is 17.2 Å². The second-order valence-electron chi connectivity index (χ2n) is 7.43. The van der Waals surface area contributed by atoms with E-state index in [1.54, 1.807) is 4.90 Å². The number of carbonyl (C=O) groups excluding carboxylic acids is 1. The molecule has 4 rings (SSSR count). The summed E-state index contributed by atoms with van der Waals surface area (Å²) >= 11 is 1.43. The van der Waals surface area contributed by atoms with E-state index in [-0.39, 0.29) is 5.91 Å². The predicted molar refractivity (Wildman–Crippen MR) is 131 cm³/mol. The number of nitrogens with zero attached hydrogens (tertiary/aromatic N) is 2. The molecule has 0 radical (unpaired) electrons. The minimum absolute atomic E-state index is 0.00639. The number of amidine groups is 1. The van der Waals surface area contributed by atoms with Crippen LogP contribution in [-0.2, 0) is 4.79 Å². The first kappa shape index (κ1) is 21.2. The predicted octanol–water partition coefficient (Wildman–Crippen LogP) is 6.56. The molecule has 3 aromatic rings. The summed E-state index contributed by atoms with van der Waals surface area (Å²) in [5.41, 5.74) is 2.97. The van der Waals surface area contributed by atoms with E-state index < -0.39 is 0 Å². The summed E-state index contributed by atoms with van der Waals surface area (Å²) in [6.07, 6.45) is 2.83. The molecule has 1 aliphatic rings. The fourth-order valence-corrected chi connectivity index (χ4v) is 4.59. The number of ether oxygens (including phenoxy) is 1. The van der Waals surface area contributed by atoms with E-state index in [2.05, 4.69) is 32.0 Å². The molecule has 1 saturated heterocycles. The van der Waals surface area contributed by atoms with Crippen LogP contribution in [-0.4, -0.2) is 29.1 Å². The monoisotopic (exact) mass is 430 g/mol. The van der Waals surface area contributed by atoms with Crippen molar-refractivity contribution in [2.75, 3.05) is 13.2 Å². The zero-order valence-corrected chi connectivity index (χ0v) is 18.9. The molecular weight excluding hydrogens is 404 g/mol. The van der Waals surface area contributed by atoms with Gasteiger partial charge in [-0.15, -0.1) is 0 Å². The molecular formula is C26H26N2O2S. The van der Waals surface area contributed by atoms with Crippen LogP contribution >= 0.6 is 11.8 Å². The number of amides is 1. The van der Waals surface area contributed by atoms with Gasteiger partial charge in [0.25, 0.3) is 5.91 Å². The lowest BCUT2D eigenvalue weighted by Crippen LogP contribution is -2.29. The number of hydrogen-bond donors (Lipinski definition) is 0. The van der Waals surface area contributed by atoms with Crippen molar-refractivity contribution in [1.29, 1.82) is 0 Å². The van der Waals surface area contributed by atoms with Crippen LogP contribution in [0.5, 0.6) is 5.75 Å². The topological polar surface area (TPSA) is 41.9 Å². The number of rotatable bonds is 6. The largest absolute Gasteiger partial charge is 0.493 e. The van der Waals surface area contributed by atoms with E-state index in [0.717, 1.165) is 39.4 Å². The van der Waals surface area contributed by atoms with Crippen LogP contribution in [0.1, 0.15) is 31.4 Å². The maximum absolute atomic E-state index is 13.3. The Morgan fingerprint density at radius 3 is 2.55 bits per heavy atom. The average Bonchev–Trinajstić information content (AvgIpc) is 3.06. The molecule has 0 saturated carbocycles. The molecule has 5 heteroatoms. The molecule has 1 aliphatic heterocycles. The maximum Gasteiger partial charge on any atom is 0.266 e. The van der Waals surface area contributed by atoms with Crippen molar-refractivity contribution in [3.05, 3.63) is 76.7 Å². The lowest BCUT2D eigenvalue weighted by atomic mass is 10.0. The van der Waals surface area contributed by atoms with Crippen molar-refractivity contribution >= 4 is 45.4 Å². The summed E-state index contributed by atoms with van der Waals surface area (Å²) in [4.78, 5) is 20.5. The molecule has 0 unspecified atom stereocenters. The zero-order chi connectivity index (χ0) is 21.8. The first-order valence-corrected chi connectivity index (χ1v) is 11.4. The van der Waals surface area contributed by atoms with Crippen LogP contribution in [0, 0.1) is 6.92 Å². The summed E-state index contributed by atoms with van der Waals surface area (Å²) in [6.45, 7) is 7.30. The van der Waals surface area contributed by atoms with E-state index in [1.165, 1.54) is 17.3 Å². The van der Waals surface area contributed by atoms with Crippen LogP contribution < -0.4 is 4.74 Å². The quantitative estimate of drug-likeness (QED) is 0.416. The fourth-order valence-electron chi connectivity index (χ4n) is 3.58. The van der Waals surface area contributed by atoms with Gasteiger partial charge in [0.2, 0.25) is 0 Å². The minimum atomic E-state index is -0.00639. The van der Waals surface area contributed by atoms with Gasteiger partial charge in [-0.25, -0.2) is 4.99 Å². The molecule has 3 aromatic carbocycles. The molecule has 4 nitrogen and oxygen atoms in total. The molecule has 0 aromatic heterocycles. The number of aryl methyl sites for hydroxylation is 1. The smallest absolute Gasteiger partial charge is 0.266 e. The van der Waals surface area contributed by atoms with Gasteiger partial charge in [-0.1, -0.05) is 55.0 Å². The maximum atomic E-state index is 13.3. The highest BCUT2D eigenvalue weighted by Crippen LogP contribution is 2.38. The Balaban J connectivity index is 1.78. The third-order valence-electron chi connectivity index (χ3n) is 5.10. The summed E-state index contributed by atoms with van der Waals surface area (Å²) in [6, 6.07) is 20.2. The molecule has 31 heavy (non-hydrogen) atoms. The second-order valence-corrected chi connectivity index (χ2v) is 8.44. The van der Waals surface area contributed by atoms with Crippen LogP contribution in [0.2, 0.25) is 0 Å². The Bertz CT molecular complexity index is 1170. The number of aliphatic imine (C=N–C) groups is 1. The van der Waals surface area contributed by atoms with Crippen LogP contribution in [0.25, 0.3) is 16.8 Å². The number of thioether (sulfide) groups is 1. The summed E-state index contributed by atoms with van der Waals surface area (Å²) in [5, 5.41) is 2.91. The van der Waals surface area contributed by atoms with Gasteiger partial charge >= 0.3 is 0 Å². The minimum Gasteiger partial charge on any atom is -0.493 e. The van der Waals surface area contributed by atoms with Crippen LogP contribution in [0.3, 0.4) is 0 Å². The zero-order valence-electron chi connectivity index (χ0n) is 18.1. The van der Waals surface area contributed by atoms with Crippen molar-refractivity contribution < 1.29 is 9.53 Å². The van der Waals surface area contributed by atoms with Crippen molar-refractivity contribution in [3.8, 4) is 5.75 Å². The van der Waals surface area contributed by atoms with E-state index in [4.69, 9.17) is 9.73 Å². The third-order valence-corrected chi connectivity index (χ3v) is 6.11. The molecule has 1 heterocycles. The Morgan fingerprint density at radius 2 is 1.81 bits per heavy atom. The van der Waals surface area contributed by atoms with E-state index >= 15 is 0 Å². The van der Waals surface area contributed by atoms with E-state index in [0.29, 0.717) is 18.1 Å². The molecule has 0 bridgehead atoms. The van der Waals surface area contributed by atoms with Gasteiger partial charge in [-0.2, -0.15) is 0 Å². The van der Waals surface area contributed by atoms with Crippen molar-refractivity contribution in [2.24, 2.45) is 4.99 Å². The van der Waals surface area contributed by atoms with Gasteiger partial charge in [-0.05, 0) is 67.1 Å². The normalized spacial score (nSPS) is 16.6. The van der Waals surface area contributed by atoms with Gasteiger partial charge in [0, 0.05) is 12.1 Å². The highest BCUT2D eigenvalue weighted by Gasteiger charge is 2.33. The molecule has 0 aliphatic carbocycles. The van der Waals surface area contributed by atoms with Crippen LogP contribution in [0.15, 0.2) is 70.6 Å². The summed E-state index contributed by atoms with van der Waals surface area (Å²) in [5.74, 6) is 0.779. The van der Waals surface area contributed by atoms with Crippen molar-refractivity contribution in [3.63, 3.8) is 0 Å². The van der Waals surface area contributed by atoms with Crippen LogP contribution in [0.4, 0.5) is 5.69 Å². The first-order chi connectivity index (χ1) is 15.1. The van der Waals surface area contributed by atoms with Gasteiger partial charge in [0.1, 0.15) is 5.75 Å². The molecule has 1 amide bonds. The Labute approximate surface area is 187 Å². The van der Waals surface area contributed by atoms with E-state index in [1.807, 2.05) is 55.5 Å². The SMILES string of the molecule is CCCN1C(=O)/C(=C/c2c(OCC)ccc3ccccc23)SC1=Nc1ccc(C)cc1. The number of benzene rings is 3. The standard InChI is InChI=1S/C26H26N2O2S/c1-4-16-28-25(29)24(31-26(28)27-20-13-10-18(3)11-14-20)17-22-21-9-7-6-8-19(21)12-15-23(22)30-5-2/h6-15,17H,4-5,16H2,1-3H3/b24-17-,27-26?. The average molecular weight is 431 g/mol. The van der Waals surface area contributed by atoms with E-state index in [9.17, 15) is 4.79 Å². The third kappa shape index (κ3) is 4.52. The van der Waals surface area contributed by atoms with Crippen molar-refractivity contribution in [2.45, 2.75) is 27.2 Å². The van der Waals surface area contributed by atoms with Gasteiger partial charge < -0.3 is 4.74 Å². The highest BCUT2D eigenvalue weighted by molar-refractivity contribution is 8.18. The lowest BCUT2D eigenvalue weighted by molar-refractivity contribution is -0.122. The highest BCUT2D eigenvalue weighted by atomic mass is 32.2. The molecule has 0 N–H and O–H groups in total. The lowest BCUT2D eigenvalue weighted by Gasteiger charge is -2.14. The van der Waals surface area contributed by atoms with Gasteiger partial charge in [0.15, 0.2) is 5.17 Å². The Morgan fingerprint density at radius 1 is 1.03 bits per heavy atom. The molecule has 1 fully saturated rings. The molecule has 0 atom stereocenters. The number of fused-ring (bicyclic) bond motifs is 1. The Kier molecular flexibility index (Phi) is 6.42. The number of hydrogen-bond acceptors (Lipinski definition) is 4. The summed E-state index contributed by atoms with van der Waals surface area (Å²) < 4.78 is 5.89. The summed E-state index contributed by atoms with van der Waals surface area (Å²) in [7, 11) is 0. The Hall–Kier alpha value is -3.05. The first-order valence-electron chi connectivity index (χ1n) is 10.6. The van der Waals surface area contributed by atoms with Crippen molar-refractivity contribution in [1.82, 2.24) is 4.90 Å². The molecule has 0 spiro atoms. The number of carbonyl (C=O) groups is 1. The fraction of sp³-hybridized carbons (Fsp3) is 0.231. The molecule has 158 valence electrons.